The quantitative estimate of drug-likeness (QED) is 0.899. The van der Waals surface area contributed by atoms with E-state index in [-0.39, 0.29) is 6.10 Å². The summed E-state index contributed by atoms with van der Waals surface area (Å²) >= 11 is 0. The van der Waals surface area contributed by atoms with E-state index in [9.17, 15) is 0 Å². The maximum Gasteiger partial charge on any atom is 0.228 e. The number of fused-ring (bicyclic) bond motifs is 1. The Hall–Kier alpha value is -1.69. The Labute approximate surface area is 112 Å². The molecule has 0 aliphatic heterocycles. The molecule has 2 aromatic heterocycles. The fourth-order valence-electron chi connectivity index (χ4n) is 2.78. The molecule has 0 bridgehead atoms. The molecule has 2 N–H and O–H groups in total. The molecule has 2 atom stereocenters. The van der Waals surface area contributed by atoms with Gasteiger partial charge in [0.15, 0.2) is 5.65 Å². The van der Waals surface area contributed by atoms with E-state index in [0.29, 0.717) is 18.3 Å². The minimum Gasteiger partial charge on any atom is -0.473 e. The summed E-state index contributed by atoms with van der Waals surface area (Å²) < 4.78 is 7.83. The molecule has 1 saturated carbocycles. The van der Waals surface area contributed by atoms with Gasteiger partial charge in [-0.05, 0) is 25.8 Å². The van der Waals surface area contributed by atoms with E-state index in [4.69, 9.17) is 10.5 Å². The molecule has 2 aromatic rings. The van der Waals surface area contributed by atoms with Crippen molar-refractivity contribution in [3.63, 3.8) is 0 Å². The minimum absolute atomic E-state index is 0.164. The van der Waals surface area contributed by atoms with Crippen LogP contribution in [0, 0.1) is 5.92 Å². The summed E-state index contributed by atoms with van der Waals surface area (Å²) in [4.78, 5) is 8.47. The van der Waals surface area contributed by atoms with Crippen molar-refractivity contribution in [3.05, 3.63) is 12.5 Å². The summed E-state index contributed by atoms with van der Waals surface area (Å²) in [6.07, 6.45) is 8.08. The van der Waals surface area contributed by atoms with Crippen LogP contribution in [0.3, 0.4) is 0 Å². The predicted molar refractivity (Wildman–Crippen MR) is 71.7 cm³/mol. The maximum atomic E-state index is 6.10. The van der Waals surface area contributed by atoms with Gasteiger partial charge in [-0.25, -0.2) is 9.97 Å². The van der Waals surface area contributed by atoms with Crippen LogP contribution in [-0.2, 0) is 7.05 Å². The number of nitrogens with zero attached hydrogens (tertiary/aromatic N) is 4. The molecule has 0 radical (unpaired) electrons. The molecule has 1 aliphatic carbocycles. The van der Waals surface area contributed by atoms with Crippen LogP contribution in [0.4, 0.5) is 0 Å². The third-order valence-corrected chi connectivity index (χ3v) is 3.90. The summed E-state index contributed by atoms with van der Waals surface area (Å²) in [5.41, 5.74) is 6.63. The van der Waals surface area contributed by atoms with Crippen LogP contribution in [0.25, 0.3) is 11.0 Å². The average Bonchev–Trinajstić information content (AvgIpc) is 2.82. The lowest BCUT2D eigenvalue weighted by molar-refractivity contribution is 0.0939. The van der Waals surface area contributed by atoms with Crippen LogP contribution in [-0.4, -0.2) is 32.4 Å². The summed E-state index contributed by atoms with van der Waals surface area (Å²) in [5, 5.41) is 5.07. The lowest BCUT2D eigenvalue weighted by Crippen LogP contribution is -2.35. The molecule has 2 heterocycles. The fraction of sp³-hybridized carbons (Fsp3) is 0.615. The van der Waals surface area contributed by atoms with Crippen molar-refractivity contribution in [3.8, 4) is 5.88 Å². The second kappa shape index (κ2) is 5.13. The molecular formula is C13H19N5O. The van der Waals surface area contributed by atoms with E-state index in [1.807, 2.05) is 7.05 Å². The molecule has 3 rings (SSSR count). The molecule has 1 fully saturated rings. The van der Waals surface area contributed by atoms with Crippen molar-refractivity contribution < 1.29 is 4.74 Å². The first kappa shape index (κ1) is 12.3. The third kappa shape index (κ3) is 2.28. The normalized spacial score (nSPS) is 23.7. The van der Waals surface area contributed by atoms with E-state index >= 15 is 0 Å². The molecule has 6 nitrogen and oxygen atoms in total. The zero-order valence-electron chi connectivity index (χ0n) is 11.1. The Bertz CT molecular complexity index is 567. The third-order valence-electron chi connectivity index (χ3n) is 3.90. The highest BCUT2D eigenvalue weighted by molar-refractivity contribution is 5.79. The van der Waals surface area contributed by atoms with Gasteiger partial charge in [0.2, 0.25) is 5.88 Å². The number of ether oxygens (including phenoxy) is 1. The first-order valence-electron chi connectivity index (χ1n) is 6.79. The smallest absolute Gasteiger partial charge is 0.228 e. The highest BCUT2D eigenvalue weighted by atomic mass is 16.5. The van der Waals surface area contributed by atoms with Crippen molar-refractivity contribution in [1.29, 1.82) is 0 Å². The highest BCUT2D eigenvalue weighted by Gasteiger charge is 2.26. The van der Waals surface area contributed by atoms with Crippen molar-refractivity contribution in [1.82, 2.24) is 19.7 Å². The second-order valence-corrected chi connectivity index (χ2v) is 5.12. The second-order valence-electron chi connectivity index (χ2n) is 5.12. The molecule has 19 heavy (non-hydrogen) atoms. The highest BCUT2D eigenvalue weighted by Crippen LogP contribution is 2.29. The number of aromatic nitrogens is 4. The molecule has 0 spiro atoms. The monoisotopic (exact) mass is 261 g/mol. The number of hydrogen-bond donors (Lipinski definition) is 1. The van der Waals surface area contributed by atoms with Crippen LogP contribution in [0.2, 0.25) is 0 Å². The van der Waals surface area contributed by atoms with Gasteiger partial charge in [0.05, 0.1) is 6.20 Å². The van der Waals surface area contributed by atoms with Crippen molar-refractivity contribution in [2.24, 2.45) is 18.7 Å². The van der Waals surface area contributed by atoms with E-state index in [0.717, 1.165) is 23.9 Å². The van der Waals surface area contributed by atoms with Gasteiger partial charge >= 0.3 is 0 Å². The molecule has 0 amide bonds. The molecule has 102 valence electrons. The Morgan fingerprint density at radius 3 is 3.05 bits per heavy atom. The predicted octanol–water partition coefficient (Wildman–Crippen LogP) is 1.26. The molecular weight excluding hydrogens is 242 g/mol. The maximum absolute atomic E-state index is 6.10. The largest absolute Gasteiger partial charge is 0.473 e. The minimum atomic E-state index is 0.164. The van der Waals surface area contributed by atoms with E-state index in [1.54, 1.807) is 10.9 Å². The van der Waals surface area contributed by atoms with Gasteiger partial charge < -0.3 is 10.5 Å². The summed E-state index contributed by atoms with van der Waals surface area (Å²) in [7, 11) is 1.86. The summed E-state index contributed by atoms with van der Waals surface area (Å²) in [5.74, 6) is 1.05. The molecule has 6 heteroatoms. The molecule has 0 saturated heterocycles. The van der Waals surface area contributed by atoms with Crippen molar-refractivity contribution in [2.75, 3.05) is 6.54 Å². The fourth-order valence-corrected chi connectivity index (χ4v) is 2.78. The van der Waals surface area contributed by atoms with Crippen LogP contribution < -0.4 is 10.5 Å². The number of aryl methyl sites for hydroxylation is 1. The Balaban J connectivity index is 1.88. The van der Waals surface area contributed by atoms with Crippen LogP contribution in [0.5, 0.6) is 5.88 Å². The van der Waals surface area contributed by atoms with Gasteiger partial charge in [0.1, 0.15) is 17.8 Å². The van der Waals surface area contributed by atoms with E-state index in [2.05, 4.69) is 15.1 Å². The number of hydrogen-bond acceptors (Lipinski definition) is 5. The average molecular weight is 261 g/mol. The SMILES string of the molecule is Cn1ncc2c(OC3CCCCC3CN)ncnc21. The standard InChI is InChI=1S/C13H19N5O/c1-18-12-10(7-17-18)13(16-8-15-12)19-11-5-3-2-4-9(11)6-14/h7-9,11H,2-6,14H2,1H3. The van der Waals surface area contributed by atoms with Crippen molar-refractivity contribution >= 4 is 11.0 Å². The first-order valence-corrected chi connectivity index (χ1v) is 6.79. The van der Waals surface area contributed by atoms with Gasteiger partial charge in [-0.2, -0.15) is 5.10 Å². The van der Waals surface area contributed by atoms with Gasteiger partial charge in [-0.15, -0.1) is 0 Å². The van der Waals surface area contributed by atoms with Gasteiger partial charge in [0, 0.05) is 13.0 Å². The molecule has 1 aliphatic rings. The molecule has 0 aromatic carbocycles. The first-order chi connectivity index (χ1) is 9.29. The van der Waals surface area contributed by atoms with Crippen LogP contribution in [0.1, 0.15) is 25.7 Å². The lowest BCUT2D eigenvalue weighted by atomic mass is 9.86. The van der Waals surface area contributed by atoms with Crippen LogP contribution in [0.15, 0.2) is 12.5 Å². The van der Waals surface area contributed by atoms with E-state index < -0.39 is 0 Å². The van der Waals surface area contributed by atoms with Gasteiger partial charge in [-0.3, -0.25) is 4.68 Å². The topological polar surface area (TPSA) is 78.9 Å². The van der Waals surface area contributed by atoms with Crippen molar-refractivity contribution in [2.45, 2.75) is 31.8 Å². The Morgan fingerprint density at radius 1 is 1.37 bits per heavy atom. The van der Waals surface area contributed by atoms with Gasteiger partial charge in [0.25, 0.3) is 0 Å². The van der Waals surface area contributed by atoms with Gasteiger partial charge in [-0.1, -0.05) is 6.42 Å². The Morgan fingerprint density at radius 2 is 2.21 bits per heavy atom. The lowest BCUT2D eigenvalue weighted by Gasteiger charge is -2.30. The number of rotatable bonds is 3. The zero-order valence-corrected chi connectivity index (χ0v) is 11.1. The summed E-state index contributed by atoms with van der Waals surface area (Å²) in [6, 6.07) is 0. The number of nitrogens with two attached hydrogens (primary N) is 1. The molecule has 2 unspecified atom stereocenters. The zero-order chi connectivity index (χ0) is 13.2. The Kier molecular flexibility index (Phi) is 3.33. The van der Waals surface area contributed by atoms with Crippen LogP contribution >= 0.6 is 0 Å². The summed E-state index contributed by atoms with van der Waals surface area (Å²) in [6.45, 7) is 0.673. The van der Waals surface area contributed by atoms with E-state index in [1.165, 1.54) is 19.2 Å².